The molecule has 6 nitrogen and oxygen atoms in total. The Morgan fingerprint density at radius 3 is 2.85 bits per heavy atom. The van der Waals surface area contributed by atoms with Gasteiger partial charge in [-0.05, 0) is 19.8 Å². The fourth-order valence-corrected chi connectivity index (χ4v) is 3.14. The van der Waals surface area contributed by atoms with Crippen LogP contribution in [-0.2, 0) is 4.74 Å². The molecule has 3 unspecified atom stereocenters. The molecule has 2 aliphatic heterocycles. The summed E-state index contributed by atoms with van der Waals surface area (Å²) in [5.41, 5.74) is 0. The maximum Gasteiger partial charge on any atom is 0.232 e. The Morgan fingerprint density at radius 1 is 1.40 bits per heavy atom. The lowest BCUT2D eigenvalue weighted by Gasteiger charge is -2.32. The molecule has 20 heavy (non-hydrogen) atoms. The lowest BCUT2D eigenvalue weighted by Crippen LogP contribution is -2.45. The van der Waals surface area contributed by atoms with E-state index < -0.39 is 0 Å². The zero-order valence-electron chi connectivity index (χ0n) is 12.3. The van der Waals surface area contributed by atoms with E-state index in [1.807, 2.05) is 0 Å². The van der Waals surface area contributed by atoms with Crippen LogP contribution in [0.15, 0.2) is 4.52 Å². The van der Waals surface area contributed by atoms with Gasteiger partial charge < -0.3 is 14.6 Å². The van der Waals surface area contributed by atoms with E-state index in [0.717, 1.165) is 50.7 Å². The largest absolute Gasteiger partial charge is 0.378 e. The van der Waals surface area contributed by atoms with Crippen molar-refractivity contribution in [2.75, 3.05) is 32.8 Å². The van der Waals surface area contributed by atoms with Crippen LogP contribution in [0.1, 0.15) is 50.4 Å². The molecule has 2 fully saturated rings. The molecule has 1 N–H and O–H groups in total. The van der Waals surface area contributed by atoms with E-state index in [9.17, 15) is 0 Å². The van der Waals surface area contributed by atoms with E-state index in [4.69, 9.17) is 9.26 Å². The highest BCUT2D eigenvalue weighted by molar-refractivity contribution is 5.01. The number of rotatable bonds is 4. The first kappa shape index (κ1) is 14.0. The summed E-state index contributed by atoms with van der Waals surface area (Å²) in [6, 6.07) is 0.273. The molecule has 0 bridgehead atoms. The van der Waals surface area contributed by atoms with Crippen LogP contribution in [0.3, 0.4) is 0 Å². The van der Waals surface area contributed by atoms with E-state index in [0.29, 0.717) is 12.7 Å². The minimum Gasteiger partial charge on any atom is -0.378 e. The summed E-state index contributed by atoms with van der Waals surface area (Å²) in [5.74, 6) is 1.86. The molecular formula is C14H24N4O2. The molecule has 2 saturated heterocycles. The number of hydrogen-bond donors (Lipinski definition) is 1. The molecule has 0 saturated carbocycles. The van der Waals surface area contributed by atoms with Crippen LogP contribution in [0.25, 0.3) is 0 Å². The lowest BCUT2D eigenvalue weighted by molar-refractivity contribution is 0.122. The molecule has 3 rings (SSSR count). The summed E-state index contributed by atoms with van der Waals surface area (Å²) < 4.78 is 11.1. The van der Waals surface area contributed by atoms with Crippen LogP contribution in [0.4, 0.5) is 0 Å². The first-order chi connectivity index (χ1) is 9.78. The molecule has 2 aliphatic rings. The summed E-state index contributed by atoms with van der Waals surface area (Å²) in [5, 5.41) is 7.61. The summed E-state index contributed by atoms with van der Waals surface area (Å²) in [6.45, 7) is 9.14. The fraction of sp³-hybridized carbons (Fsp3) is 0.857. The molecule has 0 amide bonds. The predicted octanol–water partition coefficient (Wildman–Crippen LogP) is 1.32. The van der Waals surface area contributed by atoms with Gasteiger partial charge in [-0.15, -0.1) is 0 Å². The quantitative estimate of drug-likeness (QED) is 0.897. The van der Waals surface area contributed by atoms with E-state index >= 15 is 0 Å². The van der Waals surface area contributed by atoms with Crippen molar-refractivity contribution in [3.05, 3.63) is 11.7 Å². The van der Waals surface area contributed by atoms with E-state index in [-0.39, 0.29) is 12.0 Å². The molecule has 3 heterocycles. The third kappa shape index (κ3) is 2.87. The number of aromatic nitrogens is 2. The van der Waals surface area contributed by atoms with Crippen molar-refractivity contribution in [2.45, 2.75) is 44.8 Å². The normalized spacial score (nSPS) is 29.7. The zero-order valence-corrected chi connectivity index (χ0v) is 12.3. The minimum absolute atomic E-state index is 0.270. The number of ether oxygens (including phenoxy) is 1. The monoisotopic (exact) mass is 280 g/mol. The molecular weight excluding hydrogens is 256 g/mol. The van der Waals surface area contributed by atoms with Gasteiger partial charge in [0.1, 0.15) is 0 Å². The van der Waals surface area contributed by atoms with E-state index in [1.165, 1.54) is 0 Å². The van der Waals surface area contributed by atoms with Gasteiger partial charge in [-0.3, -0.25) is 4.90 Å². The molecule has 3 atom stereocenters. The highest BCUT2D eigenvalue weighted by Crippen LogP contribution is 2.30. The third-order valence-electron chi connectivity index (χ3n) is 4.28. The van der Waals surface area contributed by atoms with Gasteiger partial charge in [-0.25, -0.2) is 0 Å². The van der Waals surface area contributed by atoms with Crippen LogP contribution < -0.4 is 5.32 Å². The van der Waals surface area contributed by atoms with Gasteiger partial charge in [0.05, 0.1) is 24.7 Å². The standard InChI is InChI=1S/C14H24N4O2/c1-3-12(18-6-4-15-5-7-18)13-16-14(20-17-13)11-8-10(2)19-9-11/h10-12,15H,3-9H2,1-2H3. The molecule has 112 valence electrons. The van der Waals surface area contributed by atoms with Gasteiger partial charge >= 0.3 is 0 Å². The Bertz CT molecular complexity index is 431. The van der Waals surface area contributed by atoms with Crippen molar-refractivity contribution in [2.24, 2.45) is 0 Å². The Labute approximate surface area is 119 Å². The Kier molecular flexibility index (Phi) is 4.33. The average Bonchev–Trinajstić information content (AvgIpc) is 3.10. The highest BCUT2D eigenvalue weighted by atomic mass is 16.5. The van der Waals surface area contributed by atoms with Crippen molar-refractivity contribution in [1.29, 1.82) is 0 Å². The van der Waals surface area contributed by atoms with Crippen LogP contribution in [0.2, 0.25) is 0 Å². The van der Waals surface area contributed by atoms with Crippen molar-refractivity contribution < 1.29 is 9.26 Å². The Balaban J connectivity index is 1.70. The third-order valence-corrected chi connectivity index (χ3v) is 4.28. The van der Waals surface area contributed by atoms with Gasteiger partial charge in [-0.1, -0.05) is 12.1 Å². The van der Waals surface area contributed by atoms with Gasteiger partial charge in [-0.2, -0.15) is 4.98 Å². The fourth-order valence-electron chi connectivity index (χ4n) is 3.14. The van der Waals surface area contributed by atoms with Gasteiger partial charge in [0.2, 0.25) is 5.89 Å². The number of nitrogens with zero attached hydrogens (tertiary/aromatic N) is 3. The summed E-state index contributed by atoms with van der Waals surface area (Å²) in [7, 11) is 0. The second-order valence-corrected chi connectivity index (χ2v) is 5.78. The predicted molar refractivity (Wildman–Crippen MR) is 74.5 cm³/mol. The second-order valence-electron chi connectivity index (χ2n) is 5.78. The first-order valence-corrected chi connectivity index (χ1v) is 7.67. The first-order valence-electron chi connectivity index (χ1n) is 7.67. The SMILES string of the molecule is CCC(c1noc(C2COC(C)C2)n1)N1CCNCC1. The van der Waals surface area contributed by atoms with Crippen molar-refractivity contribution in [3.8, 4) is 0 Å². The van der Waals surface area contributed by atoms with Gasteiger partial charge in [0, 0.05) is 26.2 Å². The maximum absolute atomic E-state index is 5.59. The van der Waals surface area contributed by atoms with Crippen LogP contribution >= 0.6 is 0 Å². The van der Waals surface area contributed by atoms with Gasteiger partial charge in [0.15, 0.2) is 5.82 Å². The number of nitrogens with one attached hydrogen (secondary N) is 1. The highest BCUT2D eigenvalue weighted by Gasteiger charge is 2.31. The molecule has 0 radical (unpaired) electrons. The Hall–Kier alpha value is -0.980. The summed E-state index contributed by atoms with van der Waals surface area (Å²) >= 11 is 0. The van der Waals surface area contributed by atoms with Crippen LogP contribution in [0, 0.1) is 0 Å². The van der Waals surface area contributed by atoms with E-state index in [1.54, 1.807) is 0 Å². The number of hydrogen-bond acceptors (Lipinski definition) is 6. The lowest BCUT2D eigenvalue weighted by atomic mass is 10.1. The Morgan fingerprint density at radius 2 is 2.20 bits per heavy atom. The summed E-state index contributed by atoms with van der Waals surface area (Å²) in [6.07, 6.45) is 2.29. The maximum atomic E-state index is 5.59. The van der Waals surface area contributed by atoms with Gasteiger partial charge in [0.25, 0.3) is 0 Å². The van der Waals surface area contributed by atoms with Crippen molar-refractivity contribution in [1.82, 2.24) is 20.4 Å². The van der Waals surface area contributed by atoms with Crippen LogP contribution in [-0.4, -0.2) is 53.9 Å². The molecule has 0 spiro atoms. The zero-order chi connectivity index (χ0) is 13.9. The molecule has 6 heteroatoms. The topological polar surface area (TPSA) is 63.4 Å². The molecule has 1 aromatic heterocycles. The van der Waals surface area contributed by atoms with E-state index in [2.05, 4.69) is 34.2 Å². The van der Waals surface area contributed by atoms with Crippen molar-refractivity contribution >= 4 is 0 Å². The average molecular weight is 280 g/mol. The second kappa shape index (κ2) is 6.20. The smallest absolute Gasteiger partial charge is 0.232 e. The molecule has 0 aromatic carbocycles. The summed E-state index contributed by atoms with van der Waals surface area (Å²) in [4.78, 5) is 7.10. The van der Waals surface area contributed by atoms with Crippen LogP contribution in [0.5, 0.6) is 0 Å². The van der Waals surface area contributed by atoms with Crippen molar-refractivity contribution in [3.63, 3.8) is 0 Å². The molecule has 1 aromatic rings. The number of piperazine rings is 1. The molecule has 0 aliphatic carbocycles. The minimum atomic E-state index is 0.270.